The molecule has 1 aromatic carbocycles. The zero-order chi connectivity index (χ0) is 20.3. The van der Waals surface area contributed by atoms with Gasteiger partial charge in [-0.05, 0) is 42.9 Å². The van der Waals surface area contributed by atoms with Crippen LogP contribution in [0.3, 0.4) is 0 Å². The molecular formula is C19H24N4O5S. The zero-order valence-electron chi connectivity index (χ0n) is 16.0. The highest BCUT2D eigenvalue weighted by Gasteiger charge is 2.35. The summed E-state index contributed by atoms with van der Waals surface area (Å²) in [7, 11) is -3.28. The summed E-state index contributed by atoms with van der Waals surface area (Å²) in [6.45, 7) is 2.37. The molecule has 0 atom stereocenters. The smallest absolute Gasteiger partial charge is 0.412 e. The number of nitrogens with zero attached hydrogens (tertiary/aromatic N) is 3. The van der Waals surface area contributed by atoms with Gasteiger partial charge >= 0.3 is 6.09 Å². The normalized spacial score (nSPS) is 18.9. The van der Waals surface area contributed by atoms with Gasteiger partial charge in [0.25, 0.3) is 10.2 Å². The fourth-order valence-corrected chi connectivity index (χ4v) is 5.26. The Labute approximate surface area is 169 Å². The van der Waals surface area contributed by atoms with Gasteiger partial charge in [-0.1, -0.05) is 12.1 Å². The average Bonchev–Trinajstić information content (AvgIpc) is 3.19. The van der Waals surface area contributed by atoms with Crippen molar-refractivity contribution in [1.82, 2.24) is 13.6 Å². The molecular weight excluding hydrogens is 396 g/mol. The van der Waals surface area contributed by atoms with E-state index >= 15 is 0 Å². The second-order valence-corrected chi connectivity index (χ2v) is 9.15. The van der Waals surface area contributed by atoms with Crippen LogP contribution < -0.4 is 5.32 Å². The summed E-state index contributed by atoms with van der Waals surface area (Å²) in [5.74, 6) is 0.781. The molecule has 1 aromatic heterocycles. The van der Waals surface area contributed by atoms with E-state index in [2.05, 4.69) is 10.3 Å². The minimum Gasteiger partial charge on any atom is -0.445 e. The van der Waals surface area contributed by atoms with Crippen molar-refractivity contribution < 1.29 is 22.4 Å². The molecule has 0 unspecified atom stereocenters. The molecule has 2 saturated heterocycles. The summed E-state index contributed by atoms with van der Waals surface area (Å²) in [4.78, 5) is 15.6. The molecule has 0 radical (unpaired) electrons. The maximum Gasteiger partial charge on any atom is 0.412 e. The summed E-state index contributed by atoms with van der Waals surface area (Å²) in [6, 6.07) is 7.59. The first-order chi connectivity index (χ1) is 14.0. The lowest BCUT2D eigenvalue weighted by Gasteiger charge is -2.38. The second kappa shape index (κ2) is 8.52. The Morgan fingerprint density at radius 3 is 2.41 bits per heavy atom. The van der Waals surface area contributed by atoms with Crippen molar-refractivity contribution in [2.75, 3.05) is 31.5 Å². The van der Waals surface area contributed by atoms with Crippen molar-refractivity contribution in [3.63, 3.8) is 0 Å². The largest absolute Gasteiger partial charge is 0.445 e. The molecule has 0 saturated carbocycles. The van der Waals surface area contributed by atoms with Crippen molar-refractivity contribution in [1.29, 1.82) is 0 Å². The molecule has 0 spiro atoms. The average molecular weight is 420 g/mol. The van der Waals surface area contributed by atoms with E-state index in [1.165, 1.54) is 12.6 Å². The lowest BCUT2D eigenvalue weighted by atomic mass is 9.90. The van der Waals surface area contributed by atoms with Crippen LogP contribution in [-0.2, 0) is 21.6 Å². The molecule has 3 heterocycles. The lowest BCUT2D eigenvalue weighted by Crippen LogP contribution is -2.51. The van der Waals surface area contributed by atoms with Crippen LogP contribution in [0.1, 0.15) is 36.5 Å². The molecule has 0 aliphatic carbocycles. The molecule has 2 fully saturated rings. The molecule has 2 aliphatic heterocycles. The van der Waals surface area contributed by atoms with E-state index in [4.69, 9.17) is 9.15 Å². The topological polar surface area (TPSA) is 105 Å². The number of benzene rings is 1. The van der Waals surface area contributed by atoms with Crippen LogP contribution in [0.5, 0.6) is 0 Å². The first-order valence-electron chi connectivity index (χ1n) is 9.69. The van der Waals surface area contributed by atoms with Crippen molar-refractivity contribution in [2.45, 2.75) is 31.8 Å². The highest BCUT2D eigenvalue weighted by atomic mass is 32.2. The van der Waals surface area contributed by atoms with Gasteiger partial charge in [0.05, 0.1) is 6.20 Å². The Balaban J connectivity index is 1.26. The first-order valence-corrected chi connectivity index (χ1v) is 11.1. The van der Waals surface area contributed by atoms with Gasteiger partial charge in [-0.25, -0.2) is 9.78 Å². The number of hydrogen-bond donors (Lipinski definition) is 1. The Morgan fingerprint density at radius 1 is 1.14 bits per heavy atom. The maximum absolute atomic E-state index is 12.5. The van der Waals surface area contributed by atoms with E-state index in [0.29, 0.717) is 43.5 Å². The van der Waals surface area contributed by atoms with Gasteiger partial charge in [-0.2, -0.15) is 17.0 Å². The SMILES string of the molecule is O=C(Nc1ccc(C2CCN(S(=O)(=O)N3CCC3)CC2)cc1)OCc1cnco1. The van der Waals surface area contributed by atoms with Crippen LogP contribution in [-0.4, -0.2) is 54.3 Å². The predicted octanol–water partition coefficient (Wildman–Crippen LogP) is 2.55. The minimum absolute atomic E-state index is 0.0167. The van der Waals surface area contributed by atoms with Crippen LogP contribution in [0.4, 0.5) is 10.5 Å². The van der Waals surface area contributed by atoms with Gasteiger partial charge in [0.2, 0.25) is 0 Å². The van der Waals surface area contributed by atoms with Crippen molar-refractivity contribution in [2.24, 2.45) is 0 Å². The third kappa shape index (κ3) is 4.60. The Morgan fingerprint density at radius 2 is 1.83 bits per heavy atom. The summed E-state index contributed by atoms with van der Waals surface area (Å²) in [6.07, 6.45) is 4.73. The van der Waals surface area contributed by atoms with Crippen LogP contribution in [0.2, 0.25) is 0 Å². The molecule has 4 rings (SSSR count). The quantitative estimate of drug-likeness (QED) is 0.770. The number of carbonyl (C=O) groups excluding carboxylic acids is 1. The van der Waals surface area contributed by atoms with Gasteiger partial charge < -0.3 is 9.15 Å². The number of oxazole rings is 1. The Kier molecular flexibility index (Phi) is 5.84. The molecule has 29 heavy (non-hydrogen) atoms. The number of hydrogen-bond acceptors (Lipinski definition) is 6. The number of aromatic nitrogens is 1. The number of ether oxygens (including phenoxy) is 1. The Hall–Kier alpha value is -2.43. The summed E-state index contributed by atoms with van der Waals surface area (Å²) < 4.78 is 38.2. The van der Waals surface area contributed by atoms with E-state index in [1.54, 1.807) is 8.61 Å². The van der Waals surface area contributed by atoms with Crippen molar-refractivity contribution in [3.8, 4) is 0 Å². The van der Waals surface area contributed by atoms with E-state index in [9.17, 15) is 13.2 Å². The van der Waals surface area contributed by atoms with Crippen LogP contribution in [0.15, 0.2) is 41.3 Å². The van der Waals surface area contributed by atoms with Gasteiger partial charge in [0, 0.05) is 31.9 Å². The van der Waals surface area contributed by atoms with Gasteiger partial charge in [-0.15, -0.1) is 0 Å². The molecule has 1 amide bonds. The number of piperidine rings is 1. The summed E-state index contributed by atoms with van der Waals surface area (Å²) in [5, 5.41) is 2.67. The van der Waals surface area contributed by atoms with Crippen LogP contribution in [0.25, 0.3) is 0 Å². The number of carbonyl (C=O) groups is 1. The first kappa shape index (κ1) is 19.9. The van der Waals surface area contributed by atoms with E-state index in [0.717, 1.165) is 24.8 Å². The molecule has 1 N–H and O–H groups in total. The molecule has 2 aromatic rings. The molecule has 10 heteroatoms. The van der Waals surface area contributed by atoms with Crippen LogP contribution >= 0.6 is 0 Å². The fraction of sp³-hybridized carbons (Fsp3) is 0.474. The molecule has 156 valence electrons. The van der Waals surface area contributed by atoms with Gasteiger partial charge in [0.15, 0.2) is 18.8 Å². The number of rotatable bonds is 6. The molecule has 9 nitrogen and oxygen atoms in total. The second-order valence-electron chi connectivity index (χ2n) is 7.22. The standard InChI is InChI=1S/C19H24N4O5S/c24-19(27-13-18-12-20-14-28-18)21-17-4-2-15(3-5-17)16-6-10-23(11-7-16)29(25,26)22-8-1-9-22/h2-5,12,14,16H,1,6-11,13H2,(H,21,24). The minimum atomic E-state index is -3.28. The Bertz CT molecular complexity index is 918. The molecule has 2 aliphatic rings. The number of amides is 1. The van der Waals surface area contributed by atoms with E-state index in [-0.39, 0.29) is 6.61 Å². The number of nitrogens with one attached hydrogen (secondary N) is 1. The summed E-state index contributed by atoms with van der Waals surface area (Å²) >= 11 is 0. The van der Waals surface area contributed by atoms with Gasteiger partial charge in [-0.3, -0.25) is 5.32 Å². The molecule has 0 bridgehead atoms. The highest BCUT2D eigenvalue weighted by molar-refractivity contribution is 7.86. The number of anilines is 1. The van der Waals surface area contributed by atoms with Crippen LogP contribution in [0, 0.1) is 0 Å². The van der Waals surface area contributed by atoms with Gasteiger partial charge in [0.1, 0.15) is 0 Å². The fourth-order valence-electron chi connectivity index (χ4n) is 3.54. The van der Waals surface area contributed by atoms with Crippen molar-refractivity contribution >= 4 is 22.0 Å². The third-order valence-corrected chi connectivity index (χ3v) is 7.41. The lowest BCUT2D eigenvalue weighted by molar-refractivity contribution is 0.146. The summed E-state index contributed by atoms with van der Waals surface area (Å²) in [5.41, 5.74) is 1.78. The predicted molar refractivity (Wildman–Crippen MR) is 105 cm³/mol. The highest BCUT2D eigenvalue weighted by Crippen LogP contribution is 2.31. The van der Waals surface area contributed by atoms with E-state index < -0.39 is 16.3 Å². The maximum atomic E-state index is 12.5. The van der Waals surface area contributed by atoms with Crippen molar-refractivity contribution in [3.05, 3.63) is 48.2 Å². The zero-order valence-corrected chi connectivity index (χ0v) is 16.8. The van der Waals surface area contributed by atoms with E-state index in [1.807, 2.05) is 24.3 Å². The monoisotopic (exact) mass is 420 g/mol. The third-order valence-electron chi connectivity index (χ3n) is 5.38.